The van der Waals surface area contributed by atoms with Gasteiger partial charge < -0.3 is 25.6 Å². The van der Waals surface area contributed by atoms with Gasteiger partial charge in [0.25, 0.3) is 0 Å². The highest BCUT2D eigenvalue weighted by Gasteiger charge is 2.17. The summed E-state index contributed by atoms with van der Waals surface area (Å²) in [7, 11) is 1.72. The number of rotatable bonds is 11. The molecule has 1 aromatic rings. The quantitative estimate of drug-likeness (QED) is 0.181. The van der Waals surface area contributed by atoms with Gasteiger partial charge in [0, 0.05) is 45.0 Å². The molecule has 0 radical (unpaired) electrons. The molecule has 1 heterocycles. The maximum absolute atomic E-state index is 5.06. The first kappa shape index (κ1) is 26.0. The number of halogens is 1. The van der Waals surface area contributed by atoms with Crippen molar-refractivity contribution in [3.63, 3.8) is 0 Å². The zero-order chi connectivity index (χ0) is 20.0. The van der Waals surface area contributed by atoms with E-state index in [1.807, 2.05) is 0 Å². The van der Waals surface area contributed by atoms with Crippen molar-refractivity contribution in [1.82, 2.24) is 15.5 Å². The van der Waals surface area contributed by atoms with Gasteiger partial charge in [0.2, 0.25) is 0 Å². The first-order valence-electron chi connectivity index (χ1n) is 10.8. The van der Waals surface area contributed by atoms with Crippen molar-refractivity contribution in [2.75, 3.05) is 51.8 Å². The molecule has 0 amide bonds. The van der Waals surface area contributed by atoms with Gasteiger partial charge in [-0.05, 0) is 57.4 Å². The summed E-state index contributed by atoms with van der Waals surface area (Å²) in [6.07, 6.45) is 5.23. The van der Waals surface area contributed by atoms with Crippen molar-refractivity contribution < 1.29 is 4.74 Å². The molecule has 166 valence electrons. The Morgan fingerprint density at radius 1 is 1.17 bits per heavy atom. The summed E-state index contributed by atoms with van der Waals surface area (Å²) in [5.41, 5.74) is 2.32. The van der Waals surface area contributed by atoms with Gasteiger partial charge in [-0.1, -0.05) is 18.6 Å². The maximum atomic E-state index is 5.06. The molecule has 1 aromatic carbocycles. The van der Waals surface area contributed by atoms with Crippen molar-refractivity contribution in [1.29, 1.82) is 0 Å². The van der Waals surface area contributed by atoms with E-state index in [2.05, 4.69) is 59.0 Å². The third-order valence-electron chi connectivity index (χ3n) is 5.21. The second-order valence-corrected chi connectivity index (χ2v) is 7.47. The largest absolute Gasteiger partial charge is 0.383 e. The Labute approximate surface area is 194 Å². The van der Waals surface area contributed by atoms with Crippen LogP contribution in [0.1, 0.15) is 45.1 Å². The fourth-order valence-corrected chi connectivity index (χ4v) is 3.52. The van der Waals surface area contributed by atoms with Crippen LogP contribution in [0.5, 0.6) is 0 Å². The summed E-state index contributed by atoms with van der Waals surface area (Å²) >= 11 is 0. The second kappa shape index (κ2) is 15.7. The Hall–Kier alpha value is -1.06. The van der Waals surface area contributed by atoms with Crippen molar-refractivity contribution in [3.05, 3.63) is 29.8 Å². The number of aliphatic imine (C=N–C) groups is 1. The topological polar surface area (TPSA) is 60.9 Å². The third kappa shape index (κ3) is 10.5. The number of nitrogens with one attached hydrogen (secondary N) is 3. The normalized spacial score (nSPS) is 17.5. The zero-order valence-corrected chi connectivity index (χ0v) is 20.7. The fourth-order valence-electron chi connectivity index (χ4n) is 3.52. The molecule has 1 aliphatic heterocycles. The number of anilines is 1. The minimum absolute atomic E-state index is 0. The summed E-state index contributed by atoms with van der Waals surface area (Å²) in [5, 5.41) is 10.2. The Morgan fingerprint density at radius 3 is 2.66 bits per heavy atom. The molecule has 1 saturated heterocycles. The van der Waals surface area contributed by atoms with E-state index in [1.165, 1.54) is 37.9 Å². The number of likely N-dealkylation sites (tertiary alicyclic amines) is 1. The Bertz CT molecular complexity index is 567. The number of hydrogen-bond acceptors (Lipinski definition) is 4. The van der Waals surface area contributed by atoms with Crippen LogP contribution in [0.25, 0.3) is 0 Å². The van der Waals surface area contributed by atoms with Crippen LogP contribution in [0.2, 0.25) is 0 Å². The van der Waals surface area contributed by atoms with Gasteiger partial charge in [0.15, 0.2) is 5.96 Å². The van der Waals surface area contributed by atoms with Gasteiger partial charge in [0.1, 0.15) is 0 Å². The molecular formula is C22H40IN5O. The molecule has 1 fully saturated rings. The molecule has 0 spiro atoms. The monoisotopic (exact) mass is 517 g/mol. The Morgan fingerprint density at radius 2 is 1.97 bits per heavy atom. The van der Waals surface area contributed by atoms with Crippen LogP contribution >= 0.6 is 24.0 Å². The number of ether oxygens (including phenoxy) is 1. The molecule has 6 nitrogen and oxygen atoms in total. The predicted octanol–water partition coefficient (Wildman–Crippen LogP) is 3.68. The standard InChI is InChI=1S/C22H39N5O.HI/c1-4-23-22(25-13-7-16-27-15-6-5-8-19(27)2)26-18-20-9-11-21(12-10-20)24-14-17-28-3;/h9-12,19,24H,4-8,13-18H2,1-3H3,(H2,23,25,26);1H. The highest BCUT2D eigenvalue weighted by atomic mass is 127. The molecule has 2 rings (SSSR count). The van der Waals surface area contributed by atoms with E-state index < -0.39 is 0 Å². The van der Waals surface area contributed by atoms with E-state index in [0.717, 1.165) is 43.7 Å². The molecule has 1 unspecified atom stereocenters. The smallest absolute Gasteiger partial charge is 0.191 e. The van der Waals surface area contributed by atoms with Gasteiger partial charge >= 0.3 is 0 Å². The van der Waals surface area contributed by atoms with E-state index in [0.29, 0.717) is 13.2 Å². The predicted molar refractivity (Wildman–Crippen MR) is 135 cm³/mol. The van der Waals surface area contributed by atoms with Gasteiger partial charge in [-0.15, -0.1) is 24.0 Å². The van der Waals surface area contributed by atoms with Gasteiger partial charge in [-0.2, -0.15) is 0 Å². The Kier molecular flexibility index (Phi) is 14.1. The number of hydrogen-bond donors (Lipinski definition) is 3. The number of guanidine groups is 1. The highest BCUT2D eigenvalue weighted by Crippen LogP contribution is 2.16. The van der Waals surface area contributed by atoms with E-state index in [1.54, 1.807) is 7.11 Å². The SMILES string of the molecule is CCNC(=NCc1ccc(NCCOC)cc1)NCCCN1CCCCC1C.I. The fraction of sp³-hybridized carbons (Fsp3) is 0.682. The van der Waals surface area contributed by atoms with Crippen LogP contribution in [0, 0.1) is 0 Å². The molecule has 0 saturated carbocycles. The summed E-state index contributed by atoms with van der Waals surface area (Å²) in [4.78, 5) is 7.35. The zero-order valence-electron chi connectivity index (χ0n) is 18.4. The van der Waals surface area contributed by atoms with E-state index in [-0.39, 0.29) is 24.0 Å². The number of nitrogens with zero attached hydrogens (tertiary/aromatic N) is 2. The number of methoxy groups -OCH3 is 1. The maximum Gasteiger partial charge on any atom is 0.191 e. The lowest BCUT2D eigenvalue weighted by molar-refractivity contribution is 0.159. The number of piperidine rings is 1. The van der Waals surface area contributed by atoms with Crippen LogP contribution in [-0.2, 0) is 11.3 Å². The lowest BCUT2D eigenvalue weighted by Crippen LogP contribution is -2.41. The minimum atomic E-state index is 0. The van der Waals surface area contributed by atoms with Crippen LogP contribution in [0.4, 0.5) is 5.69 Å². The Balaban J connectivity index is 0.00000420. The van der Waals surface area contributed by atoms with E-state index in [9.17, 15) is 0 Å². The number of benzene rings is 1. The van der Waals surface area contributed by atoms with Crippen LogP contribution in [0.3, 0.4) is 0 Å². The molecule has 1 aliphatic rings. The van der Waals surface area contributed by atoms with Crippen molar-refractivity contribution in [2.24, 2.45) is 4.99 Å². The molecule has 0 aliphatic carbocycles. The van der Waals surface area contributed by atoms with Crippen molar-refractivity contribution >= 4 is 35.6 Å². The molecule has 7 heteroatoms. The molecule has 1 atom stereocenters. The van der Waals surface area contributed by atoms with E-state index >= 15 is 0 Å². The summed E-state index contributed by atoms with van der Waals surface area (Å²) in [6, 6.07) is 9.18. The average Bonchev–Trinajstić information content (AvgIpc) is 2.71. The highest BCUT2D eigenvalue weighted by molar-refractivity contribution is 14.0. The third-order valence-corrected chi connectivity index (χ3v) is 5.21. The minimum Gasteiger partial charge on any atom is -0.383 e. The lowest BCUT2D eigenvalue weighted by atomic mass is 10.0. The van der Waals surface area contributed by atoms with Crippen LogP contribution in [-0.4, -0.2) is 63.3 Å². The van der Waals surface area contributed by atoms with Gasteiger partial charge in [0.05, 0.1) is 13.2 Å². The van der Waals surface area contributed by atoms with Crippen molar-refractivity contribution in [3.8, 4) is 0 Å². The molecule has 29 heavy (non-hydrogen) atoms. The van der Waals surface area contributed by atoms with Crippen LogP contribution < -0.4 is 16.0 Å². The van der Waals surface area contributed by atoms with E-state index in [4.69, 9.17) is 9.73 Å². The summed E-state index contributed by atoms with van der Waals surface area (Å²) in [6.45, 7) is 10.9. The first-order valence-corrected chi connectivity index (χ1v) is 10.8. The molecule has 0 bridgehead atoms. The lowest BCUT2D eigenvalue weighted by Gasteiger charge is -2.33. The van der Waals surface area contributed by atoms with Crippen molar-refractivity contribution in [2.45, 2.75) is 52.1 Å². The molecular weight excluding hydrogens is 477 g/mol. The second-order valence-electron chi connectivity index (χ2n) is 7.47. The summed E-state index contributed by atoms with van der Waals surface area (Å²) < 4.78 is 5.06. The summed E-state index contributed by atoms with van der Waals surface area (Å²) in [5.74, 6) is 0.900. The van der Waals surface area contributed by atoms with Gasteiger partial charge in [-0.3, -0.25) is 0 Å². The molecule has 0 aromatic heterocycles. The van der Waals surface area contributed by atoms with Gasteiger partial charge in [-0.25, -0.2) is 4.99 Å². The average molecular weight is 518 g/mol. The van der Waals surface area contributed by atoms with Crippen LogP contribution in [0.15, 0.2) is 29.3 Å². The first-order chi connectivity index (χ1) is 13.7. The molecule has 3 N–H and O–H groups in total.